The van der Waals surface area contributed by atoms with Crippen LogP contribution in [0.3, 0.4) is 0 Å². The molecule has 0 bridgehead atoms. The molecule has 0 aliphatic carbocycles. The maximum atomic E-state index is 6.01. The molecule has 1 heterocycles. The van der Waals surface area contributed by atoms with Crippen LogP contribution < -0.4 is 5.32 Å². The van der Waals surface area contributed by atoms with Crippen molar-refractivity contribution in [3.63, 3.8) is 0 Å². The van der Waals surface area contributed by atoms with Crippen molar-refractivity contribution in [2.75, 3.05) is 31.7 Å². The lowest BCUT2D eigenvalue weighted by molar-refractivity contribution is 0.0489. The van der Waals surface area contributed by atoms with E-state index in [0.29, 0.717) is 6.61 Å². The fourth-order valence-electron chi connectivity index (χ4n) is 1.66. The standard InChI is InChI=1S/C12H16ClNO2/c13-11-3-1-2-4-12(11)14-6-8-16-10-5-7-15-9-10/h1-4,10,14H,5-9H2. The third-order valence-electron chi connectivity index (χ3n) is 2.53. The van der Waals surface area contributed by atoms with E-state index in [2.05, 4.69) is 5.32 Å². The van der Waals surface area contributed by atoms with Crippen LogP contribution in [0.4, 0.5) is 5.69 Å². The zero-order valence-electron chi connectivity index (χ0n) is 9.12. The summed E-state index contributed by atoms with van der Waals surface area (Å²) in [5.41, 5.74) is 0.954. The van der Waals surface area contributed by atoms with Crippen LogP contribution in [-0.4, -0.2) is 32.5 Å². The Kier molecular flexibility index (Phi) is 4.45. The smallest absolute Gasteiger partial charge is 0.0831 e. The Morgan fingerprint density at radius 3 is 3.06 bits per heavy atom. The highest BCUT2D eigenvalue weighted by molar-refractivity contribution is 6.33. The summed E-state index contributed by atoms with van der Waals surface area (Å²) in [6.07, 6.45) is 1.28. The van der Waals surface area contributed by atoms with Crippen molar-refractivity contribution in [2.24, 2.45) is 0 Å². The van der Waals surface area contributed by atoms with E-state index in [-0.39, 0.29) is 6.10 Å². The fraction of sp³-hybridized carbons (Fsp3) is 0.500. The van der Waals surface area contributed by atoms with Crippen molar-refractivity contribution in [1.82, 2.24) is 0 Å². The lowest BCUT2D eigenvalue weighted by Crippen LogP contribution is -2.18. The number of anilines is 1. The summed E-state index contributed by atoms with van der Waals surface area (Å²) >= 11 is 6.01. The normalized spacial score (nSPS) is 19.9. The van der Waals surface area contributed by atoms with E-state index < -0.39 is 0 Å². The Bertz CT molecular complexity index is 327. The summed E-state index contributed by atoms with van der Waals surface area (Å²) in [4.78, 5) is 0. The van der Waals surface area contributed by atoms with Crippen molar-refractivity contribution in [2.45, 2.75) is 12.5 Å². The molecule has 1 aliphatic rings. The van der Waals surface area contributed by atoms with E-state index in [9.17, 15) is 0 Å². The maximum Gasteiger partial charge on any atom is 0.0831 e. The predicted octanol–water partition coefficient (Wildman–Crippen LogP) is 2.56. The number of rotatable bonds is 5. The molecule has 0 aromatic heterocycles. The molecule has 0 radical (unpaired) electrons. The SMILES string of the molecule is Clc1ccccc1NCCOC1CCOC1. The molecule has 2 rings (SSSR count). The molecule has 1 unspecified atom stereocenters. The number of hydrogen-bond donors (Lipinski definition) is 1. The van der Waals surface area contributed by atoms with Gasteiger partial charge in [0, 0.05) is 13.2 Å². The Balaban J connectivity index is 1.66. The largest absolute Gasteiger partial charge is 0.382 e. The first-order chi connectivity index (χ1) is 7.86. The zero-order chi connectivity index (χ0) is 11.2. The first kappa shape index (κ1) is 11.7. The van der Waals surface area contributed by atoms with E-state index in [4.69, 9.17) is 21.1 Å². The Labute approximate surface area is 101 Å². The molecule has 1 aliphatic heterocycles. The number of halogens is 1. The molecule has 1 saturated heterocycles. The minimum atomic E-state index is 0.271. The molecule has 4 heteroatoms. The zero-order valence-corrected chi connectivity index (χ0v) is 9.87. The van der Waals surface area contributed by atoms with Crippen LogP contribution >= 0.6 is 11.6 Å². The van der Waals surface area contributed by atoms with E-state index in [1.54, 1.807) is 0 Å². The molecular weight excluding hydrogens is 226 g/mol. The summed E-state index contributed by atoms with van der Waals surface area (Å²) < 4.78 is 10.9. The summed E-state index contributed by atoms with van der Waals surface area (Å²) in [6, 6.07) is 7.70. The number of hydrogen-bond acceptors (Lipinski definition) is 3. The predicted molar refractivity (Wildman–Crippen MR) is 65.1 cm³/mol. The van der Waals surface area contributed by atoms with Gasteiger partial charge in [-0.1, -0.05) is 23.7 Å². The number of benzene rings is 1. The molecule has 1 aromatic carbocycles. The number of ether oxygens (including phenoxy) is 2. The van der Waals surface area contributed by atoms with Crippen molar-refractivity contribution < 1.29 is 9.47 Å². The van der Waals surface area contributed by atoms with Gasteiger partial charge in [-0.3, -0.25) is 0 Å². The first-order valence-electron chi connectivity index (χ1n) is 5.54. The molecule has 1 fully saturated rings. The molecular formula is C12H16ClNO2. The molecule has 1 aromatic rings. The van der Waals surface area contributed by atoms with Crippen molar-refractivity contribution in [1.29, 1.82) is 0 Å². The van der Waals surface area contributed by atoms with E-state index >= 15 is 0 Å². The van der Waals surface area contributed by atoms with Crippen LogP contribution in [-0.2, 0) is 9.47 Å². The van der Waals surface area contributed by atoms with Crippen molar-refractivity contribution in [3.05, 3.63) is 29.3 Å². The van der Waals surface area contributed by atoms with Gasteiger partial charge in [-0.25, -0.2) is 0 Å². The quantitative estimate of drug-likeness (QED) is 0.804. The Morgan fingerprint density at radius 1 is 1.44 bits per heavy atom. The maximum absolute atomic E-state index is 6.01. The second-order valence-corrected chi connectivity index (χ2v) is 4.17. The van der Waals surface area contributed by atoms with E-state index in [1.165, 1.54) is 0 Å². The van der Waals surface area contributed by atoms with Crippen LogP contribution in [0, 0.1) is 0 Å². The average molecular weight is 242 g/mol. The average Bonchev–Trinajstić information content (AvgIpc) is 2.79. The first-order valence-corrected chi connectivity index (χ1v) is 5.92. The van der Waals surface area contributed by atoms with Crippen molar-refractivity contribution >= 4 is 17.3 Å². The van der Waals surface area contributed by atoms with Gasteiger partial charge in [0.1, 0.15) is 0 Å². The minimum Gasteiger partial charge on any atom is -0.382 e. The molecule has 0 spiro atoms. The van der Waals surface area contributed by atoms with Crippen LogP contribution in [0.2, 0.25) is 5.02 Å². The second-order valence-electron chi connectivity index (χ2n) is 3.76. The molecule has 3 nitrogen and oxygen atoms in total. The topological polar surface area (TPSA) is 30.5 Å². The molecule has 1 atom stereocenters. The molecule has 1 N–H and O–H groups in total. The lowest BCUT2D eigenvalue weighted by Gasteiger charge is -2.11. The number of para-hydroxylation sites is 1. The summed E-state index contributed by atoms with van der Waals surface area (Å²) in [6.45, 7) is 2.99. The van der Waals surface area contributed by atoms with Gasteiger partial charge < -0.3 is 14.8 Å². The second kappa shape index (κ2) is 6.09. The minimum absolute atomic E-state index is 0.271. The molecule has 0 saturated carbocycles. The fourth-order valence-corrected chi connectivity index (χ4v) is 1.86. The van der Waals surface area contributed by atoms with Crippen LogP contribution in [0.25, 0.3) is 0 Å². The third kappa shape index (κ3) is 3.37. The van der Waals surface area contributed by atoms with Crippen LogP contribution in [0.15, 0.2) is 24.3 Å². The molecule has 88 valence electrons. The van der Waals surface area contributed by atoms with Gasteiger partial charge in [-0.15, -0.1) is 0 Å². The number of nitrogens with one attached hydrogen (secondary N) is 1. The molecule has 0 amide bonds. The van der Waals surface area contributed by atoms with Gasteiger partial charge in [-0.2, -0.15) is 0 Å². The molecule has 16 heavy (non-hydrogen) atoms. The van der Waals surface area contributed by atoms with Gasteiger partial charge in [0.05, 0.1) is 30.0 Å². The Hall–Kier alpha value is -0.770. The highest BCUT2D eigenvalue weighted by Crippen LogP contribution is 2.19. The highest BCUT2D eigenvalue weighted by atomic mass is 35.5. The van der Waals surface area contributed by atoms with Gasteiger partial charge in [-0.05, 0) is 18.6 Å². The van der Waals surface area contributed by atoms with Gasteiger partial charge in [0.15, 0.2) is 0 Å². The Morgan fingerprint density at radius 2 is 2.31 bits per heavy atom. The van der Waals surface area contributed by atoms with Crippen LogP contribution in [0.5, 0.6) is 0 Å². The van der Waals surface area contributed by atoms with Gasteiger partial charge in [0.25, 0.3) is 0 Å². The van der Waals surface area contributed by atoms with Crippen molar-refractivity contribution in [3.8, 4) is 0 Å². The van der Waals surface area contributed by atoms with Gasteiger partial charge in [0.2, 0.25) is 0 Å². The summed E-state index contributed by atoms with van der Waals surface area (Å²) in [5, 5.41) is 3.98. The summed E-state index contributed by atoms with van der Waals surface area (Å²) in [5.74, 6) is 0. The summed E-state index contributed by atoms with van der Waals surface area (Å²) in [7, 11) is 0. The van der Waals surface area contributed by atoms with E-state index in [0.717, 1.165) is 36.9 Å². The van der Waals surface area contributed by atoms with Crippen LogP contribution in [0.1, 0.15) is 6.42 Å². The van der Waals surface area contributed by atoms with Gasteiger partial charge >= 0.3 is 0 Å². The lowest BCUT2D eigenvalue weighted by atomic mass is 10.3. The highest BCUT2D eigenvalue weighted by Gasteiger charge is 2.15. The van der Waals surface area contributed by atoms with E-state index in [1.807, 2.05) is 24.3 Å². The monoisotopic (exact) mass is 241 g/mol. The third-order valence-corrected chi connectivity index (χ3v) is 2.86.